The molecule has 0 saturated carbocycles. The van der Waals surface area contributed by atoms with Crippen LogP contribution < -0.4 is 19.1 Å². The summed E-state index contributed by atoms with van der Waals surface area (Å²) in [4.78, 5) is 39.7. The number of carbonyl (C=O) groups excluding carboxylic acids is 3. The molecule has 37 heavy (non-hydrogen) atoms. The molecule has 4 rings (SSSR count). The molecule has 1 aliphatic rings. The van der Waals surface area contributed by atoms with Crippen molar-refractivity contribution in [2.45, 2.75) is 26.8 Å². The Morgan fingerprint density at radius 3 is 2.05 bits per heavy atom. The van der Waals surface area contributed by atoms with Gasteiger partial charge in [0.2, 0.25) is 0 Å². The van der Waals surface area contributed by atoms with Crippen molar-refractivity contribution in [3.8, 4) is 17.2 Å². The molecule has 1 N–H and O–H groups in total. The second kappa shape index (κ2) is 10.2. The van der Waals surface area contributed by atoms with Gasteiger partial charge in [0.1, 0.15) is 23.0 Å². The third kappa shape index (κ3) is 4.91. The van der Waals surface area contributed by atoms with Gasteiger partial charge >= 0.3 is 5.97 Å². The van der Waals surface area contributed by atoms with Crippen LogP contribution in [0.1, 0.15) is 35.2 Å². The maximum absolute atomic E-state index is 13.5. The number of nitrogens with zero attached hydrogens (tertiary/aromatic N) is 1. The van der Waals surface area contributed by atoms with E-state index in [0.29, 0.717) is 28.5 Å². The van der Waals surface area contributed by atoms with Crippen LogP contribution in [0.15, 0.2) is 66.2 Å². The summed E-state index contributed by atoms with van der Waals surface area (Å²) < 4.78 is 15.8. The molecule has 1 fully saturated rings. The van der Waals surface area contributed by atoms with Gasteiger partial charge in [0.15, 0.2) is 0 Å². The highest BCUT2D eigenvalue weighted by Gasteiger charge is 2.47. The molecule has 0 spiro atoms. The minimum Gasteiger partial charge on any atom is -0.507 e. The molecule has 1 heterocycles. The Morgan fingerprint density at radius 2 is 1.49 bits per heavy atom. The molecule has 3 aromatic rings. The fourth-order valence-electron chi connectivity index (χ4n) is 4.53. The molecule has 1 unspecified atom stereocenters. The number of ether oxygens (including phenoxy) is 3. The van der Waals surface area contributed by atoms with E-state index < -0.39 is 29.5 Å². The van der Waals surface area contributed by atoms with Gasteiger partial charge in [-0.3, -0.25) is 19.3 Å². The monoisotopic (exact) mass is 501 g/mol. The molecule has 190 valence electrons. The number of rotatable bonds is 6. The van der Waals surface area contributed by atoms with Gasteiger partial charge in [-0.15, -0.1) is 0 Å². The highest BCUT2D eigenvalue weighted by atomic mass is 16.5. The lowest BCUT2D eigenvalue weighted by atomic mass is 9.94. The summed E-state index contributed by atoms with van der Waals surface area (Å²) >= 11 is 0. The van der Waals surface area contributed by atoms with Crippen LogP contribution in [0.3, 0.4) is 0 Å². The van der Waals surface area contributed by atoms with Crippen molar-refractivity contribution in [2.75, 3.05) is 19.1 Å². The van der Waals surface area contributed by atoms with Crippen LogP contribution in [0, 0.1) is 13.8 Å². The van der Waals surface area contributed by atoms with Gasteiger partial charge in [0.05, 0.1) is 31.4 Å². The van der Waals surface area contributed by atoms with Crippen LogP contribution in [0.4, 0.5) is 5.69 Å². The van der Waals surface area contributed by atoms with E-state index in [1.165, 1.54) is 26.0 Å². The number of Topliss-reactive ketones (excluding diaryl/α,β-unsaturated/α-hetero) is 1. The van der Waals surface area contributed by atoms with Gasteiger partial charge in [-0.05, 0) is 73.0 Å². The first-order valence-corrected chi connectivity index (χ1v) is 11.5. The summed E-state index contributed by atoms with van der Waals surface area (Å²) in [7, 11) is 2.92. The highest BCUT2D eigenvalue weighted by molar-refractivity contribution is 6.51. The van der Waals surface area contributed by atoms with Crippen LogP contribution >= 0.6 is 0 Å². The van der Waals surface area contributed by atoms with Crippen molar-refractivity contribution in [2.24, 2.45) is 0 Å². The molecule has 1 atom stereocenters. The lowest BCUT2D eigenvalue weighted by molar-refractivity contribution is -0.132. The van der Waals surface area contributed by atoms with E-state index in [-0.39, 0.29) is 11.1 Å². The van der Waals surface area contributed by atoms with E-state index in [2.05, 4.69) is 0 Å². The fourth-order valence-corrected chi connectivity index (χ4v) is 4.53. The summed E-state index contributed by atoms with van der Waals surface area (Å²) in [5, 5.41) is 11.5. The molecular formula is C29H27NO7. The number of anilines is 1. The van der Waals surface area contributed by atoms with E-state index >= 15 is 0 Å². The maximum Gasteiger partial charge on any atom is 0.308 e. The number of aliphatic hydroxyl groups is 1. The van der Waals surface area contributed by atoms with Gasteiger partial charge in [-0.1, -0.05) is 18.2 Å². The first-order chi connectivity index (χ1) is 17.6. The van der Waals surface area contributed by atoms with Crippen molar-refractivity contribution in [1.29, 1.82) is 0 Å². The van der Waals surface area contributed by atoms with Crippen molar-refractivity contribution < 1.29 is 33.7 Å². The van der Waals surface area contributed by atoms with Crippen LogP contribution in [0.2, 0.25) is 0 Å². The molecule has 1 saturated heterocycles. The molecule has 3 aromatic carbocycles. The van der Waals surface area contributed by atoms with Gasteiger partial charge in [0, 0.05) is 12.6 Å². The number of amides is 1. The van der Waals surface area contributed by atoms with Crippen LogP contribution in [0.5, 0.6) is 17.2 Å². The van der Waals surface area contributed by atoms with Crippen molar-refractivity contribution in [1.82, 2.24) is 0 Å². The molecule has 1 amide bonds. The smallest absolute Gasteiger partial charge is 0.308 e. The zero-order valence-corrected chi connectivity index (χ0v) is 21.2. The Balaban J connectivity index is 1.97. The standard InChI is InChI=1S/C29H27NO7/c1-16-12-17(2)14-20(13-16)30-26(19-6-8-21(9-7-19)37-18(3)31)25(28(33)29(30)34)27(32)23-15-22(35-4)10-11-24(23)36-5/h6-15,26,32H,1-5H3/b27-25+. The largest absolute Gasteiger partial charge is 0.507 e. The number of benzene rings is 3. The quantitative estimate of drug-likeness (QED) is 0.169. The second-order valence-electron chi connectivity index (χ2n) is 8.74. The average molecular weight is 502 g/mol. The second-order valence-corrected chi connectivity index (χ2v) is 8.74. The molecule has 8 nitrogen and oxygen atoms in total. The SMILES string of the molecule is COc1ccc(OC)c(/C(O)=C2\C(=O)C(=O)N(c3cc(C)cc(C)c3)C2c2ccc(OC(C)=O)cc2)c1. The van der Waals surface area contributed by atoms with E-state index in [1.54, 1.807) is 42.5 Å². The lowest BCUT2D eigenvalue weighted by Gasteiger charge is -2.26. The molecule has 0 aliphatic carbocycles. The topological polar surface area (TPSA) is 102 Å². The Labute approximate surface area is 214 Å². The Hall–Kier alpha value is -4.59. The molecule has 0 aromatic heterocycles. The first-order valence-electron chi connectivity index (χ1n) is 11.5. The summed E-state index contributed by atoms with van der Waals surface area (Å²) in [6.45, 7) is 5.10. The van der Waals surface area contributed by atoms with E-state index in [1.807, 2.05) is 32.0 Å². The number of hydrogen-bond acceptors (Lipinski definition) is 7. The minimum absolute atomic E-state index is 0.101. The number of ketones is 1. The summed E-state index contributed by atoms with van der Waals surface area (Å²) in [6.07, 6.45) is 0. The molecule has 8 heteroatoms. The summed E-state index contributed by atoms with van der Waals surface area (Å²) in [5.41, 5.74) is 2.99. The van der Waals surface area contributed by atoms with E-state index in [9.17, 15) is 19.5 Å². The summed E-state index contributed by atoms with van der Waals surface area (Å²) in [5.74, 6) is -1.42. The zero-order valence-electron chi connectivity index (χ0n) is 21.2. The van der Waals surface area contributed by atoms with Gasteiger partial charge in [-0.2, -0.15) is 0 Å². The van der Waals surface area contributed by atoms with Crippen molar-refractivity contribution in [3.05, 3.63) is 88.5 Å². The fraction of sp³-hybridized carbons (Fsp3) is 0.207. The molecule has 0 radical (unpaired) electrons. The average Bonchev–Trinajstić information content (AvgIpc) is 3.13. The van der Waals surface area contributed by atoms with Gasteiger partial charge in [-0.25, -0.2) is 0 Å². The normalized spacial score (nSPS) is 16.6. The van der Waals surface area contributed by atoms with Crippen molar-refractivity contribution in [3.63, 3.8) is 0 Å². The number of carbonyl (C=O) groups is 3. The zero-order chi connectivity index (χ0) is 26.9. The Kier molecular flexibility index (Phi) is 7.02. The number of aryl methyl sites for hydroxylation is 2. The third-order valence-corrected chi connectivity index (χ3v) is 6.05. The number of aliphatic hydroxyl groups excluding tert-OH is 1. The number of hydrogen-bond donors (Lipinski definition) is 1. The Morgan fingerprint density at radius 1 is 0.865 bits per heavy atom. The summed E-state index contributed by atoms with van der Waals surface area (Å²) in [6, 6.07) is 15.9. The number of methoxy groups -OCH3 is 2. The van der Waals surface area contributed by atoms with E-state index in [0.717, 1.165) is 11.1 Å². The number of esters is 1. The Bertz CT molecular complexity index is 1400. The van der Waals surface area contributed by atoms with Crippen molar-refractivity contribution >= 4 is 29.1 Å². The van der Waals surface area contributed by atoms with Gasteiger partial charge in [0.25, 0.3) is 11.7 Å². The predicted octanol–water partition coefficient (Wildman–Crippen LogP) is 4.87. The molecular weight excluding hydrogens is 474 g/mol. The minimum atomic E-state index is -0.955. The van der Waals surface area contributed by atoms with Gasteiger partial charge < -0.3 is 19.3 Å². The third-order valence-electron chi connectivity index (χ3n) is 6.05. The van der Waals surface area contributed by atoms with Crippen LogP contribution in [-0.2, 0) is 14.4 Å². The molecule has 1 aliphatic heterocycles. The van der Waals surface area contributed by atoms with E-state index in [4.69, 9.17) is 14.2 Å². The maximum atomic E-state index is 13.5. The van der Waals surface area contributed by atoms with Crippen LogP contribution in [0.25, 0.3) is 5.76 Å². The first kappa shape index (κ1) is 25.5. The predicted molar refractivity (Wildman–Crippen MR) is 138 cm³/mol. The van der Waals surface area contributed by atoms with Crippen LogP contribution in [-0.4, -0.2) is 37.0 Å². The highest BCUT2D eigenvalue weighted by Crippen LogP contribution is 2.44. The lowest BCUT2D eigenvalue weighted by Crippen LogP contribution is -2.29. The molecule has 0 bridgehead atoms.